The topological polar surface area (TPSA) is 83.4 Å². The van der Waals surface area contributed by atoms with E-state index in [1.54, 1.807) is 24.3 Å². The van der Waals surface area contributed by atoms with E-state index in [2.05, 4.69) is 10.2 Å². The summed E-state index contributed by atoms with van der Waals surface area (Å²) in [5.74, 6) is -1.76. The van der Waals surface area contributed by atoms with Crippen LogP contribution < -0.4 is 4.90 Å². The number of ketones is 1. The third-order valence-electron chi connectivity index (χ3n) is 6.40. The van der Waals surface area contributed by atoms with Crippen molar-refractivity contribution in [3.63, 3.8) is 0 Å². The van der Waals surface area contributed by atoms with E-state index in [0.29, 0.717) is 26.8 Å². The molecule has 0 spiro atoms. The summed E-state index contributed by atoms with van der Waals surface area (Å²) in [5, 5.41) is 20.0. The molecule has 9 heteroatoms. The van der Waals surface area contributed by atoms with Gasteiger partial charge in [0.1, 0.15) is 11.6 Å². The van der Waals surface area contributed by atoms with Gasteiger partial charge in [-0.05, 0) is 49.6 Å². The van der Waals surface area contributed by atoms with E-state index < -0.39 is 17.7 Å². The number of hydrogen-bond donors (Lipinski definition) is 1. The van der Waals surface area contributed by atoms with Gasteiger partial charge in [0, 0.05) is 11.3 Å². The maximum atomic E-state index is 14.1. The quantitative estimate of drug-likeness (QED) is 0.0976. The van der Waals surface area contributed by atoms with Crippen LogP contribution in [0.4, 0.5) is 9.52 Å². The average Bonchev–Trinajstić information content (AvgIpc) is 3.47. The van der Waals surface area contributed by atoms with Gasteiger partial charge in [0.2, 0.25) is 5.13 Å². The van der Waals surface area contributed by atoms with Crippen LogP contribution in [0.25, 0.3) is 5.76 Å². The Hall–Kier alpha value is -3.82. The molecule has 0 bridgehead atoms. The summed E-state index contributed by atoms with van der Waals surface area (Å²) >= 11 is 2.44. The first-order chi connectivity index (χ1) is 18.2. The zero-order chi connectivity index (χ0) is 27.0. The number of benzene rings is 3. The molecule has 1 fully saturated rings. The van der Waals surface area contributed by atoms with E-state index in [1.165, 1.54) is 22.7 Å². The summed E-state index contributed by atoms with van der Waals surface area (Å²) < 4.78 is 14.6. The molecule has 1 aromatic heterocycles. The summed E-state index contributed by atoms with van der Waals surface area (Å²) in [6, 6.07) is 18.7. The number of rotatable bonds is 6. The van der Waals surface area contributed by atoms with Crippen molar-refractivity contribution in [2.75, 3.05) is 4.90 Å². The highest BCUT2D eigenvalue weighted by Gasteiger charge is 2.48. The van der Waals surface area contributed by atoms with Crippen molar-refractivity contribution in [1.29, 1.82) is 0 Å². The lowest BCUT2D eigenvalue weighted by molar-refractivity contribution is -0.132. The lowest BCUT2D eigenvalue weighted by Gasteiger charge is -2.23. The van der Waals surface area contributed by atoms with Crippen LogP contribution >= 0.6 is 23.1 Å². The van der Waals surface area contributed by atoms with Crippen molar-refractivity contribution in [2.24, 2.45) is 0 Å². The van der Waals surface area contributed by atoms with Gasteiger partial charge in [0.05, 0.1) is 11.6 Å². The van der Waals surface area contributed by atoms with Crippen LogP contribution in [-0.2, 0) is 15.3 Å². The zero-order valence-electron chi connectivity index (χ0n) is 20.9. The fourth-order valence-electron chi connectivity index (χ4n) is 4.34. The molecule has 1 aliphatic rings. The molecular weight excluding hydrogens is 521 g/mol. The molecule has 1 N–H and O–H groups in total. The molecule has 6 nitrogen and oxygen atoms in total. The number of halogens is 1. The van der Waals surface area contributed by atoms with Crippen molar-refractivity contribution in [3.8, 4) is 0 Å². The van der Waals surface area contributed by atoms with Gasteiger partial charge >= 0.3 is 5.91 Å². The summed E-state index contributed by atoms with van der Waals surface area (Å²) in [6.07, 6.45) is 0. The molecule has 1 atom stereocenters. The van der Waals surface area contributed by atoms with Crippen LogP contribution in [0.15, 0.2) is 76.6 Å². The third-order valence-corrected chi connectivity index (χ3v) is 8.50. The van der Waals surface area contributed by atoms with E-state index in [-0.39, 0.29) is 22.3 Å². The number of carbonyl (C=O) groups is 2. The summed E-state index contributed by atoms with van der Waals surface area (Å²) in [7, 11) is 0. The minimum atomic E-state index is -0.882. The lowest BCUT2D eigenvalue weighted by Crippen LogP contribution is -2.29. The fourth-order valence-corrected chi connectivity index (χ4v) is 6.20. The van der Waals surface area contributed by atoms with Crippen LogP contribution in [0, 0.1) is 26.6 Å². The SMILES string of the molecule is Cc1ccc(C2/C(=C(\O)c3cc(C)ccc3C)C(=O)C(=O)N2c2nnc(SCc3ccccc3F)s2)cc1. The highest BCUT2D eigenvalue weighted by Crippen LogP contribution is 2.44. The van der Waals surface area contributed by atoms with Gasteiger partial charge in [0.25, 0.3) is 5.78 Å². The van der Waals surface area contributed by atoms with Gasteiger partial charge in [-0.1, -0.05) is 88.8 Å². The standard InChI is InChI=1S/C29H24FN3O3S2/c1-16-9-12-19(13-10-16)24-23(25(34)21-14-17(2)8-11-18(21)3)26(35)27(36)33(24)28-31-32-29(38-28)37-15-20-6-4-5-7-22(20)30/h4-14,24,34H,15H2,1-3H3/b25-23+. The van der Waals surface area contributed by atoms with Gasteiger partial charge in [-0.2, -0.15) is 0 Å². The molecular formula is C29H24FN3O3S2. The minimum absolute atomic E-state index is 0.00307. The highest BCUT2D eigenvalue weighted by molar-refractivity contribution is 8.00. The fraction of sp³-hybridized carbons (Fsp3) is 0.172. The Kier molecular flexibility index (Phi) is 7.14. The van der Waals surface area contributed by atoms with Crippen molar-refractivity contribution < 1.29 is 19.1 Å². The third kappa shape index (κ3) is 4.87. The van der Waals surface area contributed by atoms with Crippen molar-refractivity contribution >= 4 is 45.7 Å². The van der Waals surface area contributed by atoms with Crippen molar-refractivity contribution in [2.45, 2.75) is 36.9 Å². The monoisotopic (exact) mass is 545 g/mol. The van der Waals surface area contributed by atoms with E-state index in [9.17, 15) is 19.1 Å². The Balaban J connectivity index is 1.57. The second-order valence-corrected chi connectivity index (χ2v) is 11.3. The molecule has 0 radical (unpaired) electrons. The second-order valence-electron chi connectivity index (χ2n) is 9.13. The molecule has 0 saturated carbocycles. The Morgan fingerprint density at radius 3 is 2.45 bits per heavy atom. The maximum absolute atomic E-state index is 14.1. The predicted octanol–water partition coefficient (Wildman–Crippen LogP) is 6.52. The van der Waals surface area contributed by atoms with E-state index >= 15 is 0 Å². The predicted molar refractivity (Wildman–Crippen MR) is 148 cm³/mol. The van der Waals surface area contributed by atoms with E-state index in [1.807, 2.05) is 57.2 Å². The van der Waals surface area contributed by atoms with Gasteiger partial charge in [-0.25, -0.2) is 4.39 Å². The number of aliphatic hydroxyl groups is 1. The number of aromatic nitrogens is 2. The smallest absolute Gasteiger partial charge is 0.301 e. The van der Waals surface area contributed by atoms with Gasteiger partial charge in [0.15, 0.2) is 4.34 Å². The molecule has 5 rings (SSSR count). The maximum Gasteiger partial charge on any atom is 0.301 e. The van der Waals surface area contributed by atoms with Gasteiger partial charge in [-0.3, -0.25) is 14.5 Å². The number of thioether (sulfide) groups is 1. The van der Waals surface area contributed by atoms with Crippen LogP contribution in [0.3, 0.4) is 0 Å². The number of Topliss-reactive ketones (excluding diaryl/α,β-unsaturated/α-hetero) is 1. The first kappa shape index (κ1) is 25.8. The Labute approximate surface area is 227 Å². The zero-order valence-corrected chi connectivity index (χ0v) is 22.6. The summed E-state index contributed by atoms with van der Waals surface area (Å²) in [6.45, 7) is 5.68. The molecule has 1 unspecified atom stereocenters. The summed E-state index contributed by atoms with van der Waals surface area (Å²) in [5.41, 5.74) is 4.41. The molecule has 2 heterocycles. The van der Waals surface area contributed by atoms with Crippen LogP contribution in [0.1, 0.15) is 39.4 Å². The number of aliphatic hydroxyl groups excluding tert-OH is 1. The molecule has 1 amide bonds. The van der Waals surface area contributed by atoms with Crippen LogP contribution in [0.2, 0.25) is 0 Å². The van der Waals surface area contributed by atoms with Crippen LogP contribution in [0.5, 0.6) is 0 Å². The second kappa shape index (κ2) is 10.5. The molecule has 3 aromatic carbocycles. The normalized spacial score (nSPS) is 16.8. The average molecular weight is 546 g/mol. The number of anilines is 1. The Bertz CT molecular complexity index is 1580. The molecule has 1 aliphatic heterocycles. The van der Waals surface area contributed by atoms with Crippen LogP contribution in [-0.4, -0.2) is 27.0 Å². The number of amides is 1. The molecule has 1 saturated heterocycles. The molecule has 4 aromatic rings. The number of nitrogens with zero attached hydrogens (tertiary/aromatic N) is 3. The number of carbonyl (C=O) groups excluding carboxylic acids is 2. The molecule has 0 aliphatic carbocycles. The Morgan fingerprint density at radius 2 is 1.71 bits per heavy atom. The largest absolute Gasteiger partial charge is 0.507 e. The molecule has 38 heavy (non-hydrogen) atoms. The molecule has 192 valence electrons. The minimum Gasteiger partial charge on any atom is -0.507 e. The van der Waals surface area contributed by atoms with Crippen molar-refractivity contribution in [1.82, 2.24) is 10.2 Å². The number of hydrogen-bond acceptors (Lipinski definition) is 7. The first-order valence-corrected chi connectivity index (χ1v) is 13.7. The van der Waals surface area contributed by atoms with E-state index in [0.717, 1.165) is 28.0 Å². The lowest BCUT2D eigenvalue weighted by atomic mass is 9.93. The van der Waals surface area contributed by atoms with Gasteiger partial charge < -0.3 is 5.11 Å². The van der Waals surface area contributed by atoms with Gasteiger partial charge in [-0.15, -0.1) is 10.2 Å². The number of aryl methyl sites for hydroxylation is 3. The van der Waals surface area contributed by atoms with E-state index in [4.69, 9.17) is 0 Å². The van der Waals surface area contributed by atoms with Crippen molar-refractivity contribution in [3.05, 3.63) is 112 Å². The first-order valence-electron chi connectivity index (χ1n) is 11.9. The highest BCUT2D eigenvalue weighted by atomic mass is 32.2. The Morgan fingerprint density at radius 1 is 1.00 bits per heavy atom. The summed E-state index contributed by atoms with van der Waals surface area (Å²) in [4.78, 5) is 28.1.